The van der Waals surface area contributed by atoms with Crippen molar-refractivity contribution in [1.29, 1.82) is 0 Å². The van der Waals surface area contributed by atoms with Crippen molar-refractivity contribution in [3.8, 4) is 11.5 Å². The molecule has 0 N–H and O–H groups in total. The molecule has 4 nitrogen and oxygen atoms in total. The number of ether oxygens (including phenoxy) is 2. The van der Waals surface area contributed by atoms with E-state index in [-0.39, 0.29) is 18.5 Å². The van der Waals surface area contributed by atoms with Crippen molar-refractivity contribution >= 4 is 17.7 Å². The van der Waals surface area contributed by atoms with Gasteiger partial charge in [-0.25, -0.2) is 0 Å². The van der Waals surface area contributed by atoms with Crippen LogP contribution in [0.3, 0.4) is 0 Å². The molecule has 1 aliphatic heterocycles. The summed E-state index contributed by atoms with van der Waals surface area (Å²) in [6.45, 7) is 2.94. The second-order valence-electron chi connectivity index (χ2n) is 5.91. The Morgan fingerprint density at radius 1 is 1.15 bits per heavy atom. The smallest absolute Gasteiger partial charge is 0.416 e. The minimum atomic E-state index is -4.39. The van der Waals surface area contributed by atoms with Crippen LogP contribution in [0.15, 0.2) is 47.4 Å². The Kier molecular flexibility index (Phi) is 5.84. The third kappa shape index (κ3) is 4.88. The average Bonchev–Trinajstić information content (AvgIpc) is 3.11. The molecule has 2 aromatic rings. The van der Waals surface area contributed by atoms with E-state index in [0.29, 0.717) is 29.5 Å². The lowest BCUT2D eigenvalue weighted by atomic mass is 10.2. The van der Waals surface area contributed by atoms with E-state index in [1.807, 2.05) is 19.1 Å². The van der Waals surface area contributed by atoms with E-state index < -0.39 is 11.7 Å². The molecule has 144 valence electrons. The average molecular weight is 397 g/mol. The van der Waals surface area contributed by atoms with Gasteiger partial charge in [0.25, 0.3) is 0 Å². The number of fused-ring (bicyclic) bond motifs is 1. The van der Waals surface area contributed by atoms with Crippen LogP contribution < -0.4 is 9.47 Å². The van der Waals surface area contributed by atoms with Crippen LogP contribution in [0.4, 0.5) is 13.2 Å². The number of amides is 1. The lowest BCUT2D eigenvalue weighted by Gasteiger charge is -2.21. The van der Waals surface area contributed by atoms with Gasteiger partial charge < -0.3 is 14.4 Å². The fourth-order valence-electron chi connectivity index (χ4n) is 2.63. The molecule has 3 rings (SSSR count). The molecule has 0 saturated heterocycles. The van der Waals surface area contributed by atoms with Crippen LogP contribution in [0.1, 0.15) is 18.1 Å². The van der Waals surface area contributed by atoms with Crippen molar-refractivity contribution < 1.29 is 27.4 Å². The van der Waals surface area contributed by atoms with Gasteiger partial charge in [-0.05, 0) is 42.8 Å². The maximum atomic E-state index is 12.8. The molecule has 0 bridgehead atoms. The van der Waals surface area contributed by atoms with Gasteiger partial charge in [0, 0.05) is 18.0 Å². The molecule has 0 aliphatic carbocycles. The molecule has 0 radical (unpaired) electrons. The van der Waals surface area contributed by atoms with Gasteiger partial charge in [0.05, 0.1) is 11.3 Å². The molecule has 1 amide bonds. The molecule has 2 aromatic carbocycles. The Labute approximate surface area is 159 Å². The van der Waals surface area contributed by atoms with Crippen molar-refractivity contribution in [2.24, 2.45) is 0 Å². The summed E-state index contributed by atoms with van der Waals surface area (Å²) in [6, 6.07) is 10.5. The van der Waals surface area contributed by atoms with Gasteiger partial charge in [0.15, 0.2) is 11.5 Å². The Morgan fingerprint density at radius 2 is 1.93 bits per heavy atom. The number of benzene rings is 2. The van der Waals surface area contributed by atoms with Crippen LogP contribution in [0.5, 0.6) is 11.5 Å². The summed E-state index contributed by atoms with van der Waals surface area (Å²) in [5.74, 6) is 1.25. The second-order valence-corrected chi connectivity index (χ2v) is 6.96. The zero-order valence-electron chi connectivity index (χ0n) is 14.6. The number of carbonyl (C=O) groups excluding carboxylic acids is 1. The molecule has 1 heterocycles. The number of hydrogen-bond acceptors (Lipinski definition) is 4. The first kappa shape index (κ1) is 19.4. The third-order valence-electron chi connectivity index (χ3n) is 4.07. The molecule has 0 aromatic heterocycles. The topological polar surface area (TPSA) is 38.8 Å². The van der Waals surface area contributed by atoms with Crippen LogP contribution in [0.25, 0.3) is 0 Å². The standard InChI is InChI=1S/C19H18F3NO3S/c1-2-23(10-13-6-7-16-17(8-13)26-12-25-16)18(24)11-27-15-5-3-4-14(9-15)19(20,21)22/h3-9H,2,10-12H2,1H3. The van der Waals surface area contributed by atoms with Crippen molar-refractivity contribution in [1.82, 2.24) is 4.90 Å². The van der Waals surface area contributed by atoms with E-state index in [4.69, 9.17) is 9.47 Å². The van der Waals surface area contributed by atoms with Gasteiger partial charge in [0.2, 0.25) is 12.7 Å². The quantitative estimate of drug-likeness (QED) is 0.669. The van der Waals surface area contributed by atoms with E-state index >= 15 is 0 Å². The summed E-state index contributed by atoms with van der Waals surface area (Å²) in [5, 5.41) is 0. The normalized spacial score (nSPS) is 12.9. The molecule has 0 atom stereocenters. The Bertz CT molecular complexity index is 826. The van der Waals surface area contributed by atoms with Crippen LogP contribution in [0.2, 0.25) is 0 Å². The van der Waals surface area contributed by atoms with Crippen molar-refractivity contribution in [2.75, 3.05) is 19.1 Å². The highest BCUT2D eigenvalue weighted by molar-refractivity contribution is 8.00. The van der Waals surface area contributed by atoms with Gasteiger partial charge in [0.1, 0.15) is 0 Å². The lowest BCUT2D eigenvalue weighted by Crippen LogP contribution is -2.31. The summed E-state index contributed by atoms with van der Waals surface area (Å²) in [7, 11) is 0. The van der Waals surface area contributed by atoms with E-state index in [1.54, 1.807) is 17.0 Å². The number of rotatable bonds is 6. The van der Waals surface area contributed by atoms with Crippen LogP contribution in [0, 0.1) is 0 Å². The molecule has 0 unspecified atom stereocenters. The monoisotopic (exact) mass is 397 g/mol. The van der Waals surface area contributed by atoms with E-state index in [2.05, 4.69) is 0 Å². The van der Waals surface area contributed by atoms with Gasteiger partial charge >= 0.3 is 6.18 Å². The summed E-state index contributed by atoms with van der Waals surface area (Å²) >= 11 is 1.10. The van der Waals surface area contributed by atoms with Gasteiger partial charge in [-0.1, -0.05) is 12.1 Å². The first-order valence-electron chi connectivity index (χ1n) is 8.33. The summed E-state index contributed by atoms with van der Waals surface area (Å²) in [6.07, 6.45) is -4.39. The molecule has 1 aliphatic rings. The Morgan fingerprint density at radius 3 is 2.67 bits per heavy atom. The SMILES string of the molecule is CCN(Cc1ccc2c(c1)OCO2)C(=O)CSc1cccc(C(F)(F)F)c1. The largest absolute Gasteiger partial charge is 0.454 e. The molecule has 0 saturated carbocycles. The van der Waals surface area contributed by atoms with E-state index in [1.165, 1.54) is 6.07 Å². The molecule has 0 fully saturated rings. The second kappa shape index (κ2) is 8.12. The number of halogens is 3. The first-order chi connectivity index (χ1) is 12.9. The van der Waals surface area contributed by atoms with E-state index in [0.717, 1.165) is 29.5 Å². The molecular weight excluding hydrogens is 379 g/mol. The molecule has 27 heavy (non-hydrogen) atoms. The number of carbonyl (C=O) groups is 1. The number of nitrogens with zero attached hydrogens (tertiary/aromatic N) is 1. The minimum Gasteiger partial charge on any atom is -0.454 e. The summed E-state index contributed by atoms with van der Waals surface area (Å²) < 4.78 is 49.0. The maximum Gasteiger partial charge on any atom is 0.416 e. The predicted octanol–water partition coefficient (Wildman–Crippen LogP) is 4.57. The predicted molar refractivity (Wildman–Crippen MR) is 95.8 cm³/mol. The highest BCUT2D eigenvalue weighted by Crippen LogP contribution is 2.33. The summed E-state index contributed by atoms with van der Waals surface area (Å²) in [5.41, 5.74) is 0.186. The zero-order valence-corrected chi connectivity index (χ0v) is 15.4. The van der Waals surface area contributed by atoms with E-state index in [9.17, 15) is 18.0 Å². The number of alkyl halides is 3. The van der Waals surface area contributed by atoms with Crippen LogP contribution >= 0.6 is 11.8 Å². The highest BCUT2D eigenvalue weighted by Gasteiger charge is 2.30. The van der Waals surface area contributed by atoms with Crippen molar-refractivity contribution in [3.05, 3.63) is 53.6 Å². The Balaban J connectivity index is 1.60. The first-order valence-corrected chi connectivity index (χ1v) is 9.31. The Hall–Kier alpha value is -2.35. The zero-order chi connectivity index (χ0) is 19.4. The summed E-state index contributed by atoms with van der Waals surface area (Å²) in [4.78, 5) is 14.6. The molecule has 8 heteroatoms. The highest BCUT2D eigenvalue weighted by atomic mass is 32.2. The van der Waals surface area contributed by atoms with Crippen LogP contribution in [-0.2, 0) is 17.5 Å². The lowest BCUT2D eigenvalue weighted by molar-refractivity contribution is -0.137. The number of hydrogen-bond donors (Lipinski definition) is 0. The fourth-order valence-corrected chi connectivity index (χ4v) is 3.49. The van der Waals surface area contributed by atoms with Crippen molar-refractivity contribution in [2.45, 2.75) is 24.5 Å². The molecular formula is C19H18F3NO3S. The minimum absolute atomic E-state index is 0.0691. The van der Waals surface area contributed by atoms with Gasteiger partial charge in [-0.3, -0.25) is 4.79 Å². The molecule has 0 spiro atoms. The third-order valence-corrected chi connectivity index (χ3v) is 5.05. The van der Waals surface area contributed by atoms with Crippen molar-refractivity contribution in [3.63, 3.8) is 0 Å². The van der Waals surface area contributed by atoms with Gasteiger partial charge in [-0.2, -0.15) is 13.2 Å². The van der Waals surface area contributed by atoms with Crippen LogP contribution in [-0.4, -0.2) is 29.9 Å². The number of thioether (sulfide) groups is 1. The fraction of sp³-hybridized carbons (Fsp3) is 0.316. The maximum absolute atomic E-state index is 12.8. The van der Waals surface area contributed by atoms with Gasteiger partial charge in [-0.15, -0.1) is 11.8 Å².